The number of alkyl halides is 3. The molecule has 2 N–H and O–H groups in total. The van der Waals surface area contributed by atoms with Crippen molar-refractivity contribution < 1.29 is 27.6 Å². The van der Waals surface area contributed by atoms with Gasteiger partial charge in [0.1, 0.15) is 5.82 Å². The van der Waals surface area contributed by atoms with Gasteiger partial charge in [-0.1, -0.05) is 5.16 Å². The third-order valence-corrected chi connectivity index (χ3v) is 4.64. The molecule has 1 saturated carbocycles. The lowest BCUT2D eigenvalue weighted by atomic mass is 9.91. The van der Waals surface area contributed by atoms with Gasteiger partial charge in [0.25, 0.3) is 0 Å². The smallest absolute Gasteiger partial charge is 0.475 e. The van der Waals surface area contributed by atoms with Crippen LogP contribution in [0.3, 0.4) is 0 Å². The predicted molar refractivity (Wildman–Crippen MR) is 92.8 cm³/mol. The van der Waals surface area contributed by atoms with Crippen LogP contribution < -0.4 is 5.32 Å². The van der Waals surface area contributed by atoms with Crippen molar-refractivity contribution in [2.45, 2.75) is 50.6 Å². The minimum atomic E-state index is -5.08. The fourth-order valence-corrected chi connectivity index (χ4v) is 3.03. The Morgan fingerprint density at radius 2 is 1.86 bits per heavy atom. The summed E-state index contributed by atoms with van der Waals surface area (Å²) in [6.07, 6.45) is 1.57. The van der Waals surface area contributed by atoms with Crippen LogP contribution in [-0.4, -0.2) is 45.5 Å². The van der Waals surface area contributed by atoms with E-state index >= 15 is 0 Å². The van der Waals surface area contributed by atoms with Crippen LogP contribution in [0.4, 0.5) is 13.2 Å². The maximum atomic E-state index is 10.6. The lowest BCUT2D eigenvalue weighted by Gasteiger charge is -2.23. The van der Waals surface area contributed by atoms with E-state index < -0.39 is 12.1 Å². The molecule has 10 heteroatoms. The van der Waals surface area contributed by atoms with Crippen molar-refractivity contribution in [1.29, 1.82) is 0 Å². The number of nitrogens with zero attached hydrogens (tertiary/aromatic N) is 3. The molecular weight excluding hydrogens is 377 g/mol. The van der Waals surface area contributed by atoms with E-state index in [1.54, 1.807) is 0 Å². The van der Waals surface area contributed by atoms with Crippen LogP contribution in [0.25, 0.3) is 11.3 Å². The van der Waals surface area contributed by atoms with Crippen LogP contribution in [0.2, 0.25) is 0 Å². The fraction of sp³-hybridized carbons (Fsp3) is 0.556. The monoisotopic (exact) mass is 398 g/mol. The minimum Gasteiger partial charge on any atom is -0.475 e. The normalized spacial score (nSPS) is 17.7. The number of nitrogens with one attached hydrogen (secondary N) is 1. The maximum absolute atomic E-state index is 10.6. The van der Waals surface area contributed by atoms with Crippen LogP contribution in [0.5, 0.6) is 0 Å². The van der Waals surface area contributed by atoms with Crippen LogP contribution >= 0.6 is 0 Å². The Balaban J connectivity index is 0.000000279. The molecule has 1 aliphatic heterocycles. The summed E-state index contributed by atoms with van der Waals surface area (Å²) in [6.45, 7) is 4.06. The number of carbonyl (C=O) groups is 1. The second kappa shape index (κ2) is 8.26. The highest BCUT2D eigenvalue weighted by Crippen LogP contribution is 2.40. The van der Waals surface area contributed by atoms with E-state index in [4.69, 9.17) is 19.4 Å². The molecule has 2 aromatic rings. The van der Waals surface area contributed by atoms with E-state index in [-0.39, 0.29) is 0 Å². The second-order valence-corrected chi connectivity index (χ2v) is 6.96. The van der Waals surface area contributed by atoms with E-state index in [1.807, 2.05) is 19.2 Å². The molecular formula is C18H21F3N4O3. The Labute approximate surface area is 159 Å². The van der Waals surface area contributed by atoms with E-state index in [2.05, 4.69) is 15.5 Å². The number of aliphatic carboxylic acids is 1. The highest BCUT2D eigenvalue weighted by atomic mass is 19.4. The Kier molecular flexibility index (Phi) is 5.97. The van der Waals surface area contributed by atoms with Gasteiger partial charge >= 0.3 is 12.1 Å². The van der Waals surface area contributed by atoms with Crippen LogP contribution in [0.1, 0.15) is 54.7 Å². The quantitative estimate of drug-likeness (QED) is 0.817. The first-order valence-electron chi connectivity index (χ1n) is 9.07. The van der Waals surface area contributed by atoms with Crippen molar-refractivity contribution in [3.05, 3.63) is 29.5 Å². The Morgan fingerprint density at radius 1 is 1.21 bits per heavy atom. The highest BCUT2D eigenvalue weighted by Gasteiger charge is 2.38. The fourth-order valence-electron chi connectivity index (χ4n) is 3.03. The zero-order valence-corrected chi connectivity index (χ0v) is 15.3. The van der Waals surface area contributed by atoms with Gasteiger partial charge in [-0.15, -0.1) is 0 Å². The molecule has 0 radical (unpaired) electrons. The summed E-state index contributed by atoms with van der Waals surface area (Å²) in [5.74, 6) is 0.127. The van der Waals surface area contributed by atoms with Crippen molar-refractivity contribution in [3.63, 3.8) is 0 Å². The average Bonchev–Trinajstić information content (AvgIpc) is 3.43. The minimum absolute atomic E-state index is 0.493. The van der Waals surface area contributed by atoms with Gasteiger partial charge in [0.2, 0.25) is 0 Å². The first kappa shape index (κ1) is 20.2. The molecule has 0 bridgehead atoms. The maximum Gasteiger partial charge on any atom is 0.490 e. The van der Waals surface area contributed by atoms with Crippen LogP contribution in [-0.2, 0) is 4.79 Å². The molecule has 152 valence electrons. The Hall–Kier alpha value is -2.49. The zero-order valence-electron chi connectivity index (χ0n) is 15.3. The standard InChI is InChI=1S/C16H20N4O.C2HF3O2/c1-10-8-14(21-20-10)13-9-18-16(12-2-3-12)19-15(13)11-4-6-17-7-5-11;3-2(4,5)1(6)7/h8-9,11-12,17H,2-7H2,1H3;(H,6,7). The summed E-state index contributed by atoms with van der Waals surface area (Å²) >= 11 is 0. The van der Waals surface area contributed by atoms with Gasteiger partial charge in [-0.3, -0.25) is 0 Å². The summed E-state index contributed by atoms with van der Waals surface area (Å²) in [6, 6.07) is 1.97. The molecule has 2 fully saturated rings. The molecule has 4 rings (SSSR count). The number of rotatable bonds is 3. The molecule has 2 aliphatic rings. The summed E-state index contributed by atoms with van der Waals surface area (Å²) in [7, 11) is 0. The summed E-state index contributed by atoms with van der Waals surface area (Å²) in [5, 5.41) is 14.5. The van der Waals surface area contributed by atoms with Crippen molar-refractivity contribution in [3.8, 4) is 11.3 Å². The number of carboxylic acid groups (broad SMARTS) is 1. The zero-order chi connectivity index (χ0) is 20.3. The molecule has 0 aromatic carbocycles. The van der Waals surface area contributed by atoms with Crippen molar-refractivity contribution >= 4 is 5.97 Å². The van der Waals surface area contributed by atoms with Crippen molar-refractivity contribution in [2.75, 3.05) is 13.1 Å². The summed E-state index contributed by atoms with van der Waals surface area (Å²) in [4.78, 5) is 18.4. The molecule has 0 unspecified atom stereocenters. The molecule has 28 heavy (non-hydrogen) atoms. The first-order valence-corrected chi connectivity index (χ1v) is 9.07. The number of hydrogen-bond acceptors (Lipinski definition) is 6. The third-order valence-electron chi connectivity index (χ3n) is 4.64. The SMILES string of the molecule is Cc1cc(-c2cnc(C3CC3)nc2C2CCNCC2)on1.O=C(O)C(F)(F)F. The van der Waals surface area contributed by atoms with Gasteiger partial charge in [0.05, 0.1) is 17.0 Å². The van der Waals surface area contributed by atoms with Crippen LogP contribution in [0.15, 0.2) is 16.8 Å². The number of aryl methyl sites for hydroxylation is 1. The van der Waals surface area contributed by atoms with Gasteiger partial charge < -0.3 is 14.9 Å². The number of halogens is 3. The molecule has 0 amide bonds. The molecule has 7 nitrogen and oxygen atoms in total. The van der Waals surface area contributed by atoms with Gasteiger partial charge in [0, 0.05) is 24.1 Å². The number of piperidine rings is 1. The molecule has 0 spiro atoms. The van der Waals surface area contributed by atoms with Crippen molar-refractivity contribution in [1.82, 2.24) is 20.4 Å². The summed E-state index contributed by atoms with van der Waals surface area (Å²) in [5.41, 5.74) is 3.07. The van der Waals surface area contributed by atoms with E-state index in [0.29, 0.717) is 11.8 Å². The lowest BCUT2D eigenvalue weighted by molar-refractivity contribution is -0.192. The molecule has 1 saturated heterocycles. The van der Waals surface area contributed by atoms with E-state index in [0.717, 1.165) is 54.5 Å². The number of aromatic nitrogens is 3. The molecule has 3 heterocycles. The van der Waals surface area contributed by atoms with E-state index in [1.165, 1.54) is 12.8 Å². The Bertz CT molecular complexity index is 828. The topological polar surface area (TPSA) is 101 Å². The lowest BCUT2D eigenvalue weighted by Crippen LogP contribution is -2.27. The van der Waals surface area contributed by atoms with Gasteiger partial charge in [-0.25, -0.2) is 14.8 Å². The van der Waals surface area contributed by atoms with Crippen LogP contribution in [0, 0.1) is 6.92 Å². The predicted octanol–water partition coefficient (Wildman–Crippen LogP) is 3.42. The molecule has 0 atom stereocenters. The number of carboxylic acids is 1. The largest absolute Gasteiger partial charge is 0.490 e. The summed E-state index contributed by atoms with van der Waals surface area (Å²) < 4.78 is 37.2. The van der Waals surface area contributed by atoms with Gasteiger partial charge in [-0.05, 0) is 45.7 Å². The van der Waals surface area contributed by atoms with Gasteiger partial charge in [0.15, 0.2) is 5.76 Å². The molecule has 1 aliphatic carbocycles. The highest BCUT2D eigenvalue weighted by molar-refractivity contribution is 5.73. The number of hydrogen-bond donors (Lipinski definition) is 2. The van der Waals surface area contributed by atoms with E-state index in [9.17, 15) is 13.2 Å². The second-order valence-electron chi connectivity index (χ2n) is 6.96. The third kappa shape index (κ3) is 5.06. The van der Waals surface area contributed by atoms with Crippen molar-refractivity contribution in [2.24, 2.45) is 0 Å². The average molecular weight is 398 g/mol. The Morgan fingerprint density at radius 3 is 2.36 bits per heavy atom. The van der Waals surface area contributed by atoms with Gasteiger partial charge in [-0.2, -0.15) is 13.2 Å². The first-order chi connectivity index (χ1) is 13.3. The molecule has 2 aromatic heterocycles.